The molecule has 1 saturated carbocycles. The molecule has 0 radical (unpaired) electrons. The molecule has 3 atom stereocenters. The fraction of sp³-hybridized carbons (Fsp3) is 0.611. The largest absolute Gasteiger partial charge is 0.337 e. The van der Waals surface area contributed by atoms with E-state index in [1.54, 1.807) is 10.9 Å². The van der Waals surface area contributed by atoms with E-state index in [4.69, 9.17) is 0 Å². The molecule has 5 nitrogen and oxygen atoms in total. The predicted octanol–water partition coefficient (Wildman–Crippen LogP) is 3.03. The number of carbonyl (C=O) groups is 1. The van der Waals surface area contributed by atoms with Crippen LogP contribution in [0, 0.1) is 5.92 Å². The molecule has 1 amide bonds. The smallest absolute Gasteiger partial charge is 0.262 e. The fourth-order valence-corrected chi connectivity index (χ4v) is 5.26. The van der Waals surface area contributed by atoms with Gasteiger partial charge in [-0.1, -0.05) is 12.8 Å². The van der Waals surface area contributed by atoms with Crippen LogP contribution in [0.4, 0.5) is 0 Å². The van der Waals surface area contributed by atoms with Crippen molar-refractivity contribution in [1.82, 2.24) is 14.5 Å². The molecular formula is C18H23N3O2S. The van der Waals surface area contributed by atoms with Gasteiger partial charge in [0.1, 0.15) is 4.83 Å². The molecule has 4 rings (SSSR count). The molecule has 0 N–H and O–H groups in total. The number of aromatic nitrogens is 2. The van der Waals surface area contributed by atoms with Crippen molar-refractivity contribution in [2.45, 2.75) is 64.1 Å². The highest BCUT2D eigenvalue weighted by molar-refractivity contribution is 7.16. The van der Waals surface area contributed by atoms with Gasteiger partial charge in [-0.15, -0.1) is 11.3 Å². The van der Waals surface area contributed by atoms with Crippen molar-refractivity contribution in [2.75, 3.05) is 0 Å². The summed E-state index contributed by atoms with van der Waals surface area (Å²) >= 11 is 1.47. The molecule has 6 heteroatoms. The Hall–Kier alpha value is -1.69. The molecular weight excluding hydrogens is 322 g/mol. The first-order valence-corrected chi connectivity index (χ1v) is 9.77. The average molecular weight is 345 g/mol. The van der Waals surface area contributed by atoms with Gasteiger partial charge in [-0.2, -0.15) is 0 Å². The van der Waals surface area contributed by atoms with Crippen molar-refractivity contribution in [3.05, 3.63) is 28.1 Å². The summed E-state index contributed by atoms with van der Waals surface area (Å²) in [6, 6.07) is 2.57. The Morgan fingerprint density at radius 1 is 1.38 bits per heavy atom. The molecule has 1 aliphatic carbocycles. The highest BCUT2D eigenvalue weighted by Gasteiger charge is 2.42. The fourth-order valence-electron chi connectivity index (χ4n) is 4.54. The van der Waals surface area contributed by atoms with Crippen LogP contribution in [0.3, 0.4) is 0 Å². The molecule has 1 aliphatic heterocycles. The summed E-state index contributed by atoms with van der Waals surface area (Å²) in [4.78, 5) is 32.4. The number of thiophene rings is 1. The minimum absolute atomic E-state index is 0.0425. The van der Waals surface area contributed by atoms with Crippen LogP contribution in [0.15, 0.2) is 22.6 Å². The molecule has 0 bridgehead atoms. The number of aryl methyl sites for hydroxylation is 1. The standard InChI is InChI=1S/C18H23N3O2S/c1-12-10-13-4-2-3-5-15(13)21(12)16(22)6-8-20-11-19-17-14(18(20)23)7-9-24-17/h7,9,11-13,15H,2-6,8,10H2,1H3/t12-,13+,15-/m1/s1. The molecule has 1 saturated heterocycles. The number of fused-ring (bicyclic) bond motifs is 2. The zero-order chi connectivity index (χ0) is 16.7. The van der Waals surface area contributed by atoms with Gasteiger partial charge in [0.05, 0.1) is 11.7 Å². The Bertz CT molecular complexity index is 812. The van der Waals surface area contributed by atoms with Gasteiger partial charge >= 0.3 is 0 Å². The number of amides is 1. The Morgan fingerprint density at radius 3 is 3.08 bits per heavy atom. The van der Waals surface area contributed by atoms with Gasteiger partial charge in [0.15, 0.2) is 0 Å². The second-order valence-corrected chi connectivity index (χ2v) is 8.02. The lowest BCUT2D eigenvalue weighted by Crippen LogP contribution is -2.42. The van der Waals surface area contributed by atoms with Gasteiger partial charge in [-0.25, -0.2) is 4.98 Å². The van der Waals surface area contributed by atoms with E-state index >= 15 is 0 Å². The summed E-state index contributed by atoms with van der Waals surface area (Å²) in [5.74, 6) is 0.874. The van der Waals surface area contributed by atoms with E-state index in [-0.39, 0.29) is 11.5 Å². The molecule has 2 aliphatic rings. The Morgan fingerprint density at radius 2 is 2.21 bits per heavy atom. The molecule has 3 heterocycles. The average Bonchev–Trinajstić information content (AvgIpc) is 3.17. The van der Waals surface area contributed by atoms with E-state index in [0.717, 1.165) is 17.7 Å². The monoisotopic (exact) mass is 345 g/mol. The van der Waals surface area contributed by atoms with Crippen LogP contribution in [0.1, 0.15) is 45.4 Å². The maximum Gasteiger partial charge on any atom is 0.262 e. The van der Waals surface area contributed by atoms with Crippen LogP contribution in [0.25, 0.3) is 10.2 Å². The van der Waals surface area contributed by atoms with Crippen LogP contribution in [-0.2, 0) is 11.3 Å². The minimum atomic E-state index is -0.0425. The van der Waals surface area contributed by atoms with Crippen molar-refractivity contribution in [3.63, 3.8) is 0 Å². The molecule has 2 fully saturated rings. The molecule has 128 valence electrons. The number of carbonyl (C=O) groups excluding carboxylic acids is 1. The SMILES string of the molecule is C[C@@H]1C[C@@H]2CCCC[C@H]2N1C(=O)CCn1cnc2sccc2c1=O. The first kappa shape index (κ1) is 15.8. The van der Waals surface area contributed by atoms with Crippen LogP contribution < -0.4 is 5.56 Å². The van der Waals surface area contributed by atoms with E-state index in [2.05, 4.69) is 16.8 Å². The van der Waals surface area contributed by atoms with Crippen molar-refractivity contribution >= 4 is 27.5 Å². The highest BCUT2D eigenvalue weighted by atomic mass is 32.1. The van der Waals surface area contributed by atoms with E-state index < -0.39 is 0 Å². The van der Waals surface area contributed by atoms with E-state index in [9.17, 15) is 9.59 Å². The molecule has 2 aromatic rings. The summed E-state index contributed by atoms with van der Waals surface area (Å²) in [6.07, 6.45) is 8.03. The lowest BCUT2D eigenvalue weighted by atomic mass is 9.85. The normalized spacial score (nSPS) is 26.7. The molecule has 0 aromatic carbocycles. The van der Waals surface area contributed by atoms with Crippen molar-refractivity contribution in [1.29, 1.82) is 0 Å². The zero-order valence-electron chi connectivity index (χ0n) is 14.0. The quantitative estimate of drug-likeness (QED) is 0.859. The minimum Gasteiger partial charge on any atom is -0.337 e. The van der Waals surface area contributed by atoms with Gasteiger partial charge in [0.25, 0.3) is 5.56 Å². The van der Waals surface area contributed by atoms with E-state index in [1.165, 1.54) is 30.6 Å². The van der Waals surface area contributed by atoms with Crippen LogP contribution in [0.5, 0.6) is 0 Å². The van der Waals surface area contributed by atoms with Gasteiger partial charge in [-0.05, 0) is 43.6 Å². The van der Waals surface area contributed by atoms with E-state index in [0.29, 0.717) is 36.4 Å². The first-order chi connectivity index (χ1) is 11.6. The third-order valence-corrected chi connectivity index (χ3v) is 6.47. The van der Waals surface area contributed by atoms with Crippen molar-refractivity contribution < 1.29 is 4.79 Å². The summed E-state index contributed by atoms with van der Waals surface area (Å²) in [7, 11) is 0. The Labute approximate surface area is 145 Å². The summed E-state index contributed by atoms with van der Waals surface area (Å²) in [5.41, 5.74) is -0.0425. The predicted molar refractivity (Wildman–Crippen MR) is 95.2 cm³/mol. The number of likely N-dealkylation sites (tertiary alicyclic amines) is 1. The second kappa shape index (κ2) is 6.31. The van der Waals surface area contributed by atoms with Gasteiger partial charge in [0, 0.05) is 25.0 Å². The molecule has 0 unspecified atom stereocenters. The lowest BCUT2D eigenvalue weighted by molar-refractivity contribution is -0.134. The van der Waals surface area contributed by atoms with Crippen LogP contribution in [-0.4, -0.2) is 32.4 Å². The topological polar surface area (TPSA) is 55.2 Å². The number of hydrogen-bond acceptors (Lipinski definition) is 4. The zero-order valence-corrected chi connectivity index (χ0v) is 14.8. The van der Waals surface area contributed by atoms with Gasteiger partial charge in [-0.3, -0.25) is 14.2 Å². The van der Waals surface area contributed by atoms with Crippen molar-refractivity contribution in [3.8, 4) is 0 Å². The second-order valence-electron chi connectivity index (χ2n) is 7.13. The molecule has 2 aromatic heterocycles. The van der Waals surface area contributed by atoms with Gasteiger partial charge < -0.3 is 4.90 Å². The van der Waals surface area contributed by atoms with Crippen LogP contribution in [0.2, 0.25) is 0 Å². The van der Waals surface area contributed by atoms with Gasteiger partial charge in [0.2, 0.25) is 5.91 Å². The number of rotatable bonds is 3. The third-order valence-electron chi connectivity index (χ3n) is 5.65. The summed E-state index contributed by atoms with van der Waals surface area (Å²) in [5, 5.41) is 2.53. The first-order valence-electron chi connectivity index (χ1n) is 8.89. The maximum absolute atomic E-state index is 12.8. The van der Waals surface area contributed by atoms with Crippen molar-refractivity contribution in [2.24, 2.45) is 5.92 Å². The Balaban J connectivity index is 1.47. The van der Waals surface area contributed by atoms with E-state index in [1.807, 2.05) is 11.4 Å². The third kappa shape index (κ3) is 2.66. The molecule has 0 spiro atoms. The lowest BCUT2D eigenvalue weighted by Gasteiger charge is -2.33. The maximum atomic E-state index is 12.8. The highest BCUT2D eigenvalue weighted by Crippen LogP contribution is 2.39. The number of hydrogen-bond donors (Lipinski definition) is 0. The summed E-state index contributed by atoms with van der Waals surface area (Å²) in [6.45, 7) is 2.58. The Kier molecular flexibility index (Phi) is 4.16. The molecule has 24 heavy (non-hydrogen) atoms. The van der Waals surface area contributed by atoms with Crippen LogP contribution >= 0.6 is 11.3 Å². The number of nitrogens with zero attached hydrogens (tertiary/aromatic N) is 3. The summed E-state index contributed by atoms with van der Waals surface area (Å²) < 4.78 is 1.58.